The van der Waals surface area contributed by atoms with Gasteiger partial charge in [-0.1, -0.05) is 66.2 Å². The van der Waals surface area contributed by atoms with E-state index >= 15 is 0 Å². The first-order valence-electron chi connectivity index (χ1n) is 11.6. The van der Waals surface area contributed by atoms with E-state index < -0.39 is 6.09 Å². The Morgan fingerprint density at radius 3 is 2.44 bits per heavy atom. The van der Waals surface area contributed by atoms with Gasteiger partial charge in [-0.15, -0.1) is 0 Å². The van der Waals surface area contributed by atoms with E-state index in [0.717, 1.165) is 16.5 Å². The van der Waals surface area contributed by atoms with Crippen LogP contribution in [-0.2, 0) is 17.8 Å². The van der Waals surface area contributed by atoms with Crippen LogP contribution in [0.3, 0.4) is 0 Å². The van der Waals surface area contributed by atoms with Crippen molar-refractivity contribution in [3.05, 3.63) is 94.6 Å². The van der Waals surface area contributed by atoms with E-state index in [9.17, 15) is 9.90 Å². The molecule has 2 N–H and O–H groups in total. The molecule has 0 saturated heterocycles. The molecular weight excluding hydrogens is 448 g/mol. The second-order valence-electron chi connectivity index (χ2n) is 8.83. The van der Waals surface area contributed by atoms with Gasteiger partial charge in [0.05, 0.1) is 6.10 Å². The molecule has 1 amide bonds. The van der Waals surface area contributed by atoms with Gasteiger partial charge in [-0.05, 0) is 53.3 Å². The van der Waals surface area contributed by atoms with Crippen molar-refractivity contribution in [3.63, 3.8) is 0 Å². The highest BCUT2D eigenvalue weighted by molar-refractivity contribution is 6.31. The number of ether oxygens (including phenoxy) is 1. The maximum absolute atomic E-state index is 12.6. The quantitative estimate of drug-likeness (QED) is 0.340. The molecule has 6 heteroatoms. The SMILES string of the molecule is CC(O)CCn1cc(CNC(=O)OCC2c3ccccc3-c3ccccc32)c2ccc(Cl)cc21. The number of aliphatic hydroxyl groups excluding tert-OH is 1. The number of benzene rings is 3. The Hall–Kier alpha value is -3.28. The summed E-state index contributed by atoms with van der Waals surface area (Å²) >= 11 is 6.21. The molecule has 0 fully saturated rings. The summed E-state index contributed by atoms with van der Waals surface area (Å²) in [6.45, 7) is 3.07. The lowest BCUT2D eigenvalue weighted by Gasteiger charge is -2.14. The summed E-state index contributed by atoms with van der Waals surface area (Å²) in [5.74, 6) is 0.0303. The molecule has 3 aromatic carbocycles. The van der Waals surface area contributed by atoms with Crippen LogP contribution in [0.1, 0.15) is 36.0 Å². The fourth-order valence-corrected chi connectivity index (χ4v) is 4.98. The minimum absolute atomic E-state index is 0.0303. The summed E-state index contributed by atoms with van der Waals surface area (Å²) in [6.07, 6.45) is 1.81. The molecule has 0 spiro atoms. The smallest absolute Gasteiger partial charge is 0.407 e. The lowest BCUT2D eigenvalue weighted by molar-refractivity contribution is 0.142. The average molecular weight is 475 g/mol. The number of aryl methyl sites for hydroxylation is 1. The highest BCUT2D eigenvalue weighted by Gasteiger charge is 2.29. The van der Waals surface area contributed by atoms with Crippen LogP contribution >= 0.6 is 11.6 Å². The van der Waals surface area contributed by atoms with Gasteiger partial charge < -0.3 is 19.7 Å². The van der Waals surface area contributed by atoms with Crippen LogP contribution in [-0.4, -0.2) is 28.5 Å². The lowest BCUT2D eigenvalue weighted by atomic mass is 9.98. The average Bonchev–Trinajstić information content (AvgIpc) is 3.35. The van der Waals surface area contributed by atoms with Crippen LogP contribution in [0.15, 0.2) is 72.9 Å². The van der Waals surface area contributed by atoms with Crippen LogP contribution in [0.2, 0.25) is 5.02 Å². The molecule has 174 valence electrons. The number of amides is 1. The first-order valence-corrected chi connectivity index (χ1v) is 11.9. The Bertz CT molecular complexity index is 1300. The summed E-state index contributed by atoms with van der Waals surface area (Å²) in [4.78, 5) is 12.6. The number of hydrogen-bond acceptors (Lipinski definition) is 3. The predicted octanol–water partition coefficient (Wildman–Crippen LogP) is 6.10. The predicted molar refractivity (Wildman–Crippen MR) is 135 cm³/mol. The molecule has 1 heterocycles. The van der Waals surface area contributed by atoms with E-state index in [-0.39, 0.29) is 18.6 Å². The summed E-state index contributed by atoms with van der Waals surface area (Å²) < 4.78 is 7.74. The van der Waals surface area contributed by atoms with Gasteiger partial charge in [0.25, 0.3) is 0 Å². The molecule has 1 unspecified atom stereocenters. The van der Waals surface area contributed by atoms with E-state index in [1.807, 2.05) is 48.7 Å². The Morgan fingerprint density at radius 1 is 1.09 bits per heavy atom. The van der Waals surface area contributed by atoms with Crippen LogP contribution in [0.5, 0.6) is 0 Å². The van der Waals surface area contributed by atoms with E-state index in [2.05, 4.69) is 34.1 Å². The van der Waals surface area contributed by atoms with Crippen LogP contribution < -0.4 is 5.32 Å². The summed E-state index contributed by atoms with van der Waals surface area (Å²) in [5.41, 5.74) is 6.75. The van der Waals surface area contributed by atoms with Gasteiger partial charge in [0.2, 0.25) is 0 Å². The largest absolute Gasteiger partial charge is 0.449 e. The van der Waals surface area contributed by atoms with Crippen LogP contribution in [0, 0.1) is 0 Å². The van der Waals surface area contributed by atoms with Gasteiger partial charge in [0, 0.05) is 41.1 Å². The number of nitrogens with zero attached hydrogens (tertiary/aromatic N) is 1. The Morgan fingerprint density at radius 2 is 1.76 bits per heavy atom. The number of aromatic nitrogens is 1. The second-order valence-corrected chi connectivity index (χ2v) is 9.26. The lowest BCUT2D eigenvalue weighted by Crippen LogP contribution is -2.25. The number of nitrogens with one attached hydrogen (secondary N) is 1. The minimum Gasteiger partial charge on any atom is -0.449 e. The Balaban J connectivity index is 1.27. The molecule has 4 aromatic rings. The monoisotopic (exact) mass is 474 g/mol. The van der Waals surface area contributed by atoms with E-state index in [1.54, 1.807) is 6.92 Å². The number of aliphatic hydroxyl groups is 1. The zero-order valence-electron chi connectivity index (χ0n) is 19.0. The number of rotatable bonds is 7. The van der Waals surface area contributed by atoms with E-state index in [0.29, 0.717) is 24.5 Å². The molecule has 0 radical (unpaired) electrons. The number of hydrogen-bond donors (Lipinski definition) is 2. The van der Waals surface area contributed by atoms with Crippen molar-refractivity contribution < 1.29 is 14.6 Å². The van der Waals surface area contributed by atoms with Crippen LogP contribution in [0.4, 0.5) is 4.79 Å². The van der Waals surface area contributed by atoms with Gasteiger partial charge >= 0.3 is 6.09 Å². The third-order valence-corrected chi connectivity index (χ3v) is 6.72. The summed E-state index contributed by atoms with van der Waals surface area (Å²) in [7, 11) is 0. The van der Waals surface area contributed by atoms with Gasteiger partial charge in [-0.25, -0.2) is 4.79 Å². The van der Waals surface area contributed by atoms with Crippen LogP contribution in [0.25, 0.3) is 22.0 Å². The number of fused-ring (bicyclic) bond motifs is 4. The highest BCUT2D eigenvalue weighted by Crippen LogP contribution is 2.44. The molecule has 1 aromatic heterocycles. The van der Waals surface area contributed by atoms with Gasteiger partial charge in [0.15, 0.2) is 0 Å². The Labute approximate surface area is 203 Å². The number of halogens is 1. The van der Waals surface area contributed by atoms with Crippen molar-refractivity contribution in [2.75, 3.05) is 6.61 Å². The molecule has 5 rings (SSSR count). The topological polar surface area (TPSA) is 63.5 Å². The minimum atomic E-state index is -0.444. The first-order chi connectivity index (χ1) is 16.5. The van der Waals surface area contributed by atoms with Crippen molar-refractivity contribution in [1.29, 1.82) is 0 Å². The van der Waals surface area contributed by atoms with Gasteiger partial charge in [-0.3, -0.25) is 0 Å². The molecule has 34 heavy (non-hydrogen) atoms. The van der Waals surface area contributed by atoms with Crippen molar-refractivity contribution in [1.82, 2.24) is 9.88 Å². The highest BCUT2D eigenvalue weighted by atomic mass is 35.5. The molecule has 0 aliphatic heterocycles. The van der Waals surface area contributed by atoms with Gasteiger partial charge in [-0.2, -0.15) is 0 Å². The molecule has 1 aliphatic rings. The van der Waals surface area contributed by atoms with E-state index in [1.165, 1.54) is 22.3 Å². The third-order valence-electron chi connectivity index (χ3n) is 6.48. The standard InChI is InChI=1S/C28H27ClN2O3/c1-18(32)12-13-31-16-19(21-11-10-20(29)14-27(21)31)15-30-28(33)34-17-26-24-8-4-2-6-22(24)23-7-3-5-9-25(23)26/h2-11,14,16,18,26,32H,12-13,15,17H2,1H3,(H,30,33). The molecule has 5 nitrogen and oxygen atoms in total. The number of alkyl carbamates (subject to hydrolysis) is 1. The zero-order chi connectivity index (χ0) is 23.7. The fraction of sp³-hybridized carbons (Fsp3) is 0.250. The molecule has 1 aliphatic carbocycles. The van der Waals surface area contributed by atoms with Crippen molar-refractivity contribution >= 4 is 28.6 Å². The van der Waals surface area contributed by atoms with Gasteiger partial charge in [0.1, 0.15) is 6.61 Å². The maximum Gasteiger partial charge on any atom is 0.407 e. The first kappa shape index (κ1) is 22.5. The van der Waals surface area contributed by atoms with Crippen molar-refractivity contribution in [3.8, 4) is 11.1 Å². The molecule has 0 saturated carbocycles. The van der Waals surface area contributed by atoms with Crippen molar-refractivity contribution in [2.45, 2.75) is 38.5 Å². The maximum atomic E-state index is 12.6. The number of carbonyl (C=O) groups excluding carboxylic acids is 1. The van der Waals surface area contributed by atoms with Crippen molar-refractivity contribution in [2.24, 2.45) is 0 Å². The fourth-order valence-electron chi connectivity index (χ4n) is 4.81. The Kier molecular flexibility index (Phi) is 6.31. The normalized spacial score (nSPS) is 13.5. The summed E-state index contributed by atoms with van der Waals surface area (Å²) in [6, 6.07) is 22.3. The molecule has 1 atom stereocenters. The van der Waals surface area contributed by atoms with E-state index in [4.69, 9.17) is 16.3 Å². The molecule has 0 bridgehead atoms. The third kappa shape index (κ3) is 4.41. The molecular formula is C28H27ClN2O3. The zero-order valence-corrected chi connectivity index (χ0v) is 19.8. The second kappa shape index (κ2) is 9.53. The summed E-state index contributed by atoms with van der Waals surface area (Å²) in [5, 5.41) is 14.3. The number of carbonyl (C=O) groups is 1.